The number of ether oxygens (including phenoxy) is 1. The number of nitrogens with zero attached hydrogens (tertiary/aromatic N) is 2. The first-order valence-corrected chi connectivity index (χ1v) is 13.0. The van der Waals surface area contributed by atoms with Crippen molar-refractivity contribution in [3.05, 3.63) is 61.1 Å². The third kappa shape index (κ3) is 8.51. The summed E-state index contributed by atoms with van der Waals surface area (Å²) in [6, 6.07) is 5.25. The lowest BCUT2D eigenvalue weighted by atomic mass is 10.0. The van der Waals surface area contributed by atoms with Crippen LogP contribution < -0.4 is 21.3 Å². The minimum Gasteiger partial charge on any atom is -0.506 e. The molecule has 1 aliphatic rings. The number of hydrogen-bond acceptors (Lipinski definition) is 10. The van der Waals surface area contributed by atoms with Gasteiger partial charge < -0.3 is 31.1 Å². The van der Waals surface area contributed by atoms with E-state index in [2.05, 4.69) is 42.2 Å². The number of guanidine groups is 1. The van der Waals surface area contributed by atoms with Gasteiger partial charge in [-0.25, -0.2) is 9.38 Å². The maximum absolute atomic E-state index is 13.3. The van der Waals surface area contributed by atoms with Crippen molar-refractivity contribution >= 4 is 62.6 Å². The van der Waals surface area contributed by atoms with E-state index < -0.39 is 47.2 Å². The molecule has 2 aromatic rings. The molecule has 214 valence electrons. The summed E-state index contributed by atoms with van der Waals surface area (Å²) in [5.41, 5.74) is -0.261. The van der Waals surface area contributed by atoms with Crippen LogP contribution in [0.2, 0.25) is 5.02 Å². The zero-order chi connectivity index (χ0) is 29.4. The Morgan fingerprint density at radius 1 is 1.32 bits per heavy atom. The smallest absolute Gasteiger partial charge is 0.308 e. The van der Waals surface area contributed by atoms with Crippen molar-refractivity contribution in [3.63, 3.8) is 0 Å². The van der Waals surface area contributed by atoms with Gasteiger partial charge in [-0.1, -0.05) is 11.6 Å². The van der Waals surface area contributed by atoms with Crippen molar-refractivity contribution in [2.24, 2.45) is 4.99 Å². The quantitative estimate of drug-likeness (QED) is 0.148. The number of aromatic hydroxyl groups is 1. The SMILES string of the molecule is CCOC(=O)C[C@H](NC(=O)CNC(=O)c1cc(NC2=NCC(F)CN2)cc([N+](=O)[O-])c1)c1cc(Cl)cc(Br)c1O. The number of phenols is 1. The first kappa shape index (κ1) is 30.6. The number of anilines is 1. The molecule has 2 amide bonds. The van der Waals surface area contributed by atoms with Crippen molar-refractivity contribution in [2.45, 2.75) is 25.6 Å². The van der Waals surface area contributed by atoms with E-state index in [9.17, 15) is 34.0 Å². The normalized spacial score (nSPS) is 15.2. The standard InChI is InChI=1S/C24H25BrClFN6O7/c1-2-40-21(35)8-19(17-5-13(26)6-18(25)22(17)36)32-20(34)11-28-23(37)12-3-15(7-16(4-12)33(38)39)31-24-29-9-14(27)10-30-24/h3-7,14,19,36H,2,8-11H2,1H3,(H,28,37)(H,32,34)(H2,29,30,31)/t19-/m0/s1. The number of amides is 2. The Labute approximate surface area is 240 Å². The van der Waals surface area contributed by atoms with Crippen LogP contribution in [-0.2, 0) is 14.3 Å². The molecule has 3 rings (SSSR count). The Bertz CT molecular complexity index is 1350. The monoisotopic (exact) mass is 642 g/mol. The van der Waals surface area contributed by atoms with Crippen LogP contribution in [0.4, 0.5) is 15.8 Å². The molecule has 2 aromatic carbocycles. The molecule has 0 bridgehead atoms. The van der Waals surface area contributed by atoms with Gasteiger partial charge in [0.1, 0.15) is 11.9 Å². The summed E-state index contributed by atoms with van der Waals surface area (Å²) in [6.45, 7) is 1.05. The molecule has 1 heterocycles. The molecule has 0 saturated carbocycles. The topological polar surface area (TPSA) is 184 Å². The minimum absolute atomic E-state index is 0.00426. The lowest BCUT2D eigenvalue weighted by molar-refractivity contribution is -0.384. The van der Waals surface area contributed by atoms with E-state index in [1.807, 2.05) is 0 Å². The lowest BCUT2D eigenvalue weighted by Gasteiger charge is -2.21. The number of rotatable bonds is 10. The van der Waals surface area contributed by atoms with Gasteiger partial charge in [-0.05, 0) is 41.1 Å². The number of phenolic OH excluding ortho intramolecular Hbond substituents is 1. The fourth-order valence-electron chi connectivity index (χ4n) is 3.64. The fraction of sp³-hybridized carbons (Fsp3) is 0.333. The third-order valence-electron chi connectivity index (χ3n) is 5.45. The van der Waals surface area contributed by atoms with Crippen LogP contribution in [0.15, 0.2) is 39.8 Å². The summed E-state index contributed by atoms with van der Waals surface area (Å²) in [6.07, 6.45) is -1.50. The number of aliphatic imine (C=N–C) groups is 1. The molecule has 2 atom stereocenters. The average Bonchev–Trinajstić information content (AvgIpc) is 2.90. The number of esters is 1. The molecular weight excluding hydrogens is 619 g/mol. The number of carbonyl (C=O) groups excluding carboxylic acids is 3. The third-order valence-corrected chi connectivity index (χ3v) is 6.27. The number of hydrogen-bond donors (Lipinski definition) is 5. The molecule has 40 heavy (non-hydrogen) atoms. The van der Waals surface area contributed by atoms with Gasteiger partial charge in [-0.15, -0.1) is 0 Å². The Hall–Kier alpha value is -3.98. The van der Waals surface area contributed by atoms with Crippen LogP contribution in [-0.4, -0.2) is 66.2 Å². The van der Waals surface area contributed by atoms with E-state index in [0.29, 0.717) is 0 Å². The number of nitro groups is 1. The van der Waals surface area contributed by atoms with Gasteiger partial charge in [0.05, 0.1) is 48.1 Å². The van der Waals surface area contributed by atoms with Crippen molar-refractivity contribution in [1.82, 2.24) is 16.0 Å². The number of nitro benzene ring substituents is 1. The zero-order valence-corrected chi connectivity index (χ0v) is 23.3. The zero-order valence-electron chi connectivity index (χ0n) is 21.0. The molecule has 5 N–H and O–H groups in total. The van der Waals surface area contributed by atoms with E-state index in [1.54, 1.807) is 6.92 Å². The summed E-state index contributed by atoms with van der Waals surface area (Å²) < 4.78 is 18.5. The Balaban J connectivity index is 1.73. The molecule has 1 aliphatic heterocycles. The van der Waals surface area contributed by atoms with Gasteiger partial charge in [0.2, 0.25) is 5.91 Å². The van der Waals surface area contributed by atoms with Gasteiger partial charge in [0.25, 0.3) is 11.6 Å². The molecular formula is C24H25BrClFN6O7. The molecule has 0 radical (unpaired) electrons. The molecule has 13 nitrogen and oxygen atoms in total. The maximum atomic E-state index is 13.3. The van der Waals surface area contributed by atoms with Gasteiger partial charge in [-0.2, -0.15) is 0 Å². The number of non-ortho nitro benzene ring substituents is 1. The van der Waals surface area contributed by atoms with Crippen LogP contribution in [0.25, 0.3) is 0 Å². The average molecular weight is 644 g/mol. The minimum atomic E-state index is -1.16. The van der Waals surface area contributed by atoms with Crippen molar-refractivity contribution in [3.8, 4) is 5.75 Å². The second-order valence-electron chi connectivity index (χ2n) is 8.46. The summed E-state index contributed by atoms with van der Waals surface area (Å²) in [5, 5.41) is 32.5. The maximum Gasteiger partial charge on any atom is 0.308 e. The van der Waals surface area contributed by atoms with Gasteiger partial charge in [-0.3, -0.25) is 24.5 Å². The number of benzene rings is 2. The van der Waals surface area contributed by atoms with Crippen molar-refractivity contribution in [2.75, 3.05) is 31.6 Å². The molecule has 1 unspecified atom stereocenters. The summed E-state index contributed by atoms with van der Waals surface area (Å²) >= 11 is 9.24. The molecule has 0 fully saturated rings. The highest BCUT2D eigenvalue weighted by molar-refractivity contribution is 9.10. The summed E-state index contributed by atoms with van der Waals surface area (Å²) in [4.78, 5) is 52.4. The Morgan fingerprint density at radius 2 is 2.08 bits per heavy atom. The number of alkyl halides is 1. The second-order valence-corrected chi connectivity index (χ2v) is 9.75. The first-order chi connectivity index (χ1) is 19.0. The van der Waals surface area contributed by atoms with Crippen molar-refractivity contribution < 1.29 is 33.5 Å². The highest BCUT2D eigenvalue weighted by atomic mass is 79.9. The predicted molar refractivity (Wildman–Crippen MR) is 147 cm³/mol. The highest BCUT2D eigenvalue weighted by Crippen LogP contribution is 2.36. The van der Waals surface area contributed by atoms with Gasteiger partial charge in [0, 0.05) is 34.0 Å². The second kappa shape index (κ2) is 13.9. The predicted octanol–water partition coefficient (Wildman–Crippen LogP) is 2.97. The van der Waals surface area contributed by atoms with Crippen LogP contribution in [0, 0.1) is 10.1 Å². The van der Waals surface area contributed by atoms with E-state index >= 15 is 0 Å². The van der Waals surface area contributed by atoms with E-state index in [4.69, 9.17) is 16.3 Å². The molecule has 0 saturated heterocycles. The molecule has 0 spiro atoms. The number of nitrogens with one attached hydrogen (secondary N) is 4. The highest BCUT2D eigenvalue weighted by Gasteiger charge is 2.25. The van der Waals surface area contributed by atoms with Gasteiger partial charge >= 0.3 is 5.97 Å². The van der Waals surface area contributed by atoms with E-state index in [0.717, 1.165) is 6.07 Å². The van der Waals surface area contributed by atoms with Crippen molar-refractivity contribution in [1.29, 1.82) is 0 Å². The number of carbonyl (C=O) groups is 3. The van der Waals surface area contributed by atoms with Crippen LogP contribution in [0.1, 0.15) is 35.3 Å². The Kier molecular flexibility index (Phi) is 10.6. The fourth-order valence-corrected chi connectivity index (χ4v) is 4.48. The van der Waals surface area contributed by atoms with E-state index in [-0.39, 0.29) is 64.1 Å². The van der Waals surface area contributed by atoms with Gasteiger partial charge in [0.15, 0.2) is 5.96 Å². The van der Waals surface area contributed by atoms with Crippen LogP contribution in [0.5, 0.6) is 5.75 Å². The van der Waals surface area contributed by atoms with E-state index in [1.165, 1.54) is 24.3 Å². The summed E-state index contributed by atoms with van der Waals surface area (Å²) in [5.74, 6) is -2.26. The lowest BCUT2D eigenvalue weighted by Crippen LogP contribution is -2.41. The first-order valence-electron chi connectivity index (χ1n) is 11.9. The molecule has 0 aromatic heterocycles. The molecule has 16 heteroatoms. The largest absolute Gasteiger partial charge is 0.506 e. The van der Waals surface area contributed by atoms with Crippen LogP contribution >= 0.6 is 27.5 Å². The number of halogens is 3. The Morgan fingerprint density at radius 3 is 2.73 bits per heavy atom. The van der Waals surface area contributed by atoms with Crippen LogP contribution in [0.3, 0.4) is 0 Å². The molecule has 0 aliphatic carbocycles. The summed E-state index contributed by atoms with van der Waals surface area (Å²) in [7, 11) is 0.